The van der Waals surface area contributed by atoms with Gasteiger partial charge in [-0.15, -0.1) is 0 Å². The normalized spacial score (nSPS) is 14.9. The fraction of sp³-hybridized carbons (Fsp3) is 0.124. The van der Waals surface area contributed by atoms with Gasteiger partial charge in [-0.3, -0.25) is 0 Å². The summed E-state index contributed by atoms with van der Waals surface area (Å²) in [6.07, 6.45) is 0. The smallest absolute Gasteiger partial charge is 0.252 e. The molecule has 0 N–H and O–H groups in total. The number of benzene rings is 14. The van der Waals surface area contributed by atoms with E-state index in [1.807, 2.05) is 91.0 Å². The summed E-state index contributed by atoms with van der Waals surface area (Å²) in [5.41, 5.74) is 12.9. The maximum absolute atomic E-state index is 10.9. The van der Waals surface area contributed by atoms with Crippen LogP contribution in [0.25, 0.3) is 137 Å². The first-order valence-corrected chi connectivity index (χ1v) is 35.0. The van der Waals surface area contributed by atoms with E-state index in [1.165, 1.54) is 0 Å². The molecule has 0 atom stereocenters. The lowest BCUT2D eigenvalue weighted by atomic mass is 9.33. The minimum atomic E-state index is -0.832. The quantitative estimate of drug-likeness (QED) is 0.156. The second-order valence-corrected chi connectivity index (χ2v) is 30.4. The Bertz CT molecular complexity index is 7350. The molecule has 5 nitrogen and oxygen atoms in total. The molecule has 0 aliphatic carbocycles. The van der Waals surface area contributed by atoms with Crippen molar-refractivity contribution in [1.82, 2.24) is 13.7 Å². The fourth-order valence-electron chi connectivity index (χ4n) is 16.2. The topological polar surface area (TPSA) is 41.8 Å². The van der Waals surface area contributed by atoms with E-state index in [1.54, 1.807) is 9.13 Å². The van der Waals surface area contributed by atoms with Crippen molar-refractivity contribution in [1.29, 1.82) is 5.26 Å². The molecule has 0 unspecified atom stereocenters. The molecule has 103 heavy (non-hydrogen) atoms. The summed E-state index contributed by atoms with van der Waals surface area (Å²) in [4.78, 5) is 2.21. The Morgan fingerprint density at radius 3 is 1.36 bits per heavy atom. The van der Waals surface area contributed by atoms with E-state index in [-0.39, 0.29) is 65.8 Å². The Hall–Kier alpha value is -12.2. The van der Waals surface area contributed by atoms with Crippen molar-refractivity contribution >= 4 is 127 Å². The van der Waals surface area contributed by atoms with Crippen molar-refractivity contribution in [2.45, 2.75) is 78.6 Å². The predicted octanol–water partition coefficient (Wildman–Crippen LogP) is 23.8. The van der Waals surface area contributed by atoms with Gasteiger partial charge in [0.05, 0.1) is 71.2 Å². The number of fused-ring (bicyclic) bond motifs is 17. The summed E-state index contributed by atoms with van der Waals surface area (Å²) in [6.45, 7) is 19.1. The highest BCUT2D eigenvalue weighted by Gasteiger charge is 2.44. The number of nitriles is 1. The Balaban J connectivity index is 1.13. The van der Waals surface area contributed by atoms with Gasteiger partial charge in [0.1, 0.15) is 0 Å². The molecule has 3 aromatic heterocycles. The molecule has 492 valence electrons. The van der Waals surface area contributed by atoms with Gasteiger partial charge >= 0.3 is 0 Å². The van der Waals surface area contributed by atoms with E-state index in [4.69, 9.17) is 2.74 Å². The molecule has 19 rings (SSSR count). The van der Waals surface area contributed by atoms with Crippen molar-refractivity contribution in [3.05, 3.63) is 319 Å². The van der Waals surface area contributed by atoms with Crippen molar-refractivity contribution in [2.24, 2.45) is 0 Å². The van der Waals surface area contributed by atoms with E-state index >= 15 is 0 Å². The maximum Gasteiger partial charge on any atom is 0.252 e. The number of hydrogen-bond acceptors (Lipinski definition) is 2. The molecule has 0 radical (unpaired) electrons. The molecule has 0 fully saturated rings. The van der Waals surface area contributed by atoms with E-state index in [9.17, 15) is 23.1 Å². The molecule has 0 saturated heterocycles. The van der Waals surface area contributed by atoms with Crippen molar-refractivity contribution in [3.63, 3.8) is 0 Å². The van der Waals surface area contributed by atoms with Crippen LogP contribution in [0.15, 0.2) is 297 Å². The third-order valence-corrected chi connectivity index (χ3v) is 21.2. The van der Waals surface area contributed by atoms with Gasteiger partial charge in [-0.2, -0.15) is 5.26 Å². The highest BCUT2D eigenvalue weighted by molar-refractivity contribution is 7.00. The van der Waals surface area contributed by atoms with Crippen molar-refractivity contribution in [2.75, 3.05) is 4.90 Å². The molecular weight excluding hydrogens is 1250 g/mol. The van der Waals surface area contributed by atoms with Crippen LogP contribution in [-0.4, -0.2) is 20.4 Å². The average molecular weight is 1340 g/mol. The van der Waals surface area contributed by atoms with Crippen molar-refractivity contribution in [3.8, 4) is 56.5 Å². The van der Waals surface area contributed by atoms with Crippen LogP contribution in [0.1, 0.15) is 105 Å². The number of rotatable bonds is 6. The highest BCUT2D eigenvalue weighted by atomic mass is 15.2. The summed E-state index contributed by atoms with van der Waals surface area (Å²) in [6, 6.07) is 65.1. The number of hydrogen-bond donors (Lipinski definition) is 0. The van der Waals surface area contributed by atoms with Gasteiger partial charge in [-0.05, 0) is 178 Å². The Labute approximate surface area is 622 Å². The van der Waals surface area contributed by atoms with Crippen LogP contribution in [0, 0.1) is 11.3 Å². The van der Waals surface area contributed by atoms with Crippen LogP contribution >= 0.6 is 0 Å². The standard InChI is InChI=1S/C97H76BN5/c1-95(2,3)65-49-63(50-66(53-65)96(4,5)6)64-51-81-73-35-19-17-33-71(73)70-32-16-18-34-72(70)74-36-20-27-43-87(74)102-90-57-69(101-86-42-26-23-39-77(86)80-48-60(59-99)44-47-88(80)101)58-91-92(90)98(83(52-64)94(81)102)82-46-45-68(100-84-40-24-21-37-75(84)76-38-22-25-41-85(76)100)56-89(82)103(91)93-78(61-28-12-10-13-29-61)54-67(97(7,8)9)55-79(93)62-30-14-11-15-31-62/h10-58H,1-9H3/i21D,22D,23D,24D,25D,26D,37D,38D,39D,40D,41D,42D,44D,47D,48D. The SMILES string of the molecule is [2H]c1c([2H])c([2H])c2c(c1[2H])c1c([2H])c([2H])c([2H])c([2H])c1n2-c1ccc2c(c1)N(c1c(-c3ccccc3)cc(C(C)(C)C)cc1-c1ccccc1)c1cc(-n3c4c([2H])c([2H])c([2H])c([2H])c4c4c([2H])c(C#N)c([2H])c([2H])c43)cc3c1B2c1cc(-c2cc(C(C)(C)C)cc(C(C)(C)C)c2)cc2c4ccccc4c4ccccc4c4ccccc4n-3c12. The van der Waals surface area contributed by atoms with Crippen molar-refractivity contribution < 1.29 is 20.6 Å². The second-order valence-electron chi connectivity index (χ2n) is 30.4. The van der Waals surface area contributed by atoms with Crippen LogP contribution in [0.4, 0.5) is 17.1 Å². The molecule has 0 amide bonds. The molecular formula is C97H76BN5. The molecule has 17 aromatic rings. The van der Waals surface area contributed by atoms with Gasteiger partial charge in [0.25, 0.3) is 6.71 Å². The van der Waals surface area contributed by atoms with Gasteiger partial charge in [-0.1, -0.05) is 274 Å². The molecule has 0 spiro atoms. The van der Waals surface area contributed by atoms with Gasteiger partial charge in [-0.25, -0.2) is 0 Å². The lowest BCUT2D eigenvalue weighted by Crippen LogP contribution is -2.60. The zero-order valence-electron chi connectivity index (χ0n) is 73.4. The number of nitrogens with zero attached hydrogens (tertiary/aromatic N) is 5. The van der Waals surface area contributed by atoms with Gasteiger partial charge in [0.15, 0.2) is 0 Å². The number of aromatic nitrogens is 3. The molecule has 0 saturated carbocycles. The van der Waals surface area contributed by atoms with Crippen LogP contribution in [0.5, 0.6) is 0 Å². The van der Waals surface area contributed by atoms with Crippen LogP contribution < -0.4 is 21.3 Å². The summed E-state index contributed by atoms with van der Waals surface area (Å²) in [7, 11) is 0. The third-order valence-electron chi connectivity index (χ3n) is 21.2. The number of anilines is 3. The monoisotopic (exact) mass is 1340 g/mol. The van der Waals surface area contributed by atoms with E-state index in [2.05, 4.69) is 193 Å². The summed E-state index contributed by atoms with van der Waals surface area (Å²) >= 11 is 0. The predicted molar refractivity (Wildman–Crippen MR) is 439 cm³/mol. The molecule has 2 aliphatic rings. The third kappa shape index (κ3) is 9.66. The largest absolute Gasteiger partial charge is 0.310 e. The van der Waals surface area contributed by atoms with Crippen LogP contribution in [-0.2, 0) is 16.2 Å². The Morgan fingerprint density at radius 2 is 0.796 bits per heavy atom. The summed E-state index contributed by atoms with van der Waals surface area (Å²) in [5.74, 6) is 0. The lowest BCUT2D eigenvalue weighted by Gasteiger charge is -2.43. The first-order chi connectivity index (χ1) is 56.2. The minimum Gasteiger partial charge on any atom is -0.310 e. The second kappa shape index (κ2) is 22.9. The fourth-order valence-corrected chi connectivity index (χ4v) is 16.2. The number of para-hydroxylation sites is 4. The zero-order valence-corrected chi connectivity index (χ0v) is 58.4. The summed E-state index contributed by atoms with van der Waals surface area (Å²) in [5, 5.41) is 15.9. The minimum absolute atomic E-state index is 0.0853. The molecule has 6 heteroatoms. The zero-order chi connectivity index (χ0) is 83.0. The highest BCUT2D eigenvalue weighted by Crippen LogP contribution is 2.52. The Morgan fingerprint density at radius 1 is 0.340 bits per heavy atom. The molecule has 14 aromatic carbocycles. The Kier molecular flexibility index (Phi) is 10.6. The van der Waals surface area contributed by atoms with Crippen LogP contribution in [0.2, 0.25) is 0 Å². The molecule has 0 bridgehead atoms. The van der Waals surface area contributed by atoms with E-state index in [0.717, 1.165) is 110 Å². The molecule has 5 heterocycles. The average Bonchev–Trinajstić information content (AvgIpc) is 1.30. The maximum atomic E-state index is 10.9. The van der Waals surface area contributed by atoms with Crippen LogP contribution in [0.3, 0.4) is 0 Å². The van der Waals surface area contributed by atoms with Gasteiger partial charge in [0.2, 0.25) is 0 Å². The first kappa shape index (κ1) is 47.8. The first-order valence-electron chi connectivity index (χ1n) is 42.5. The van der Waals surface area contributed by atoms with Gasteiger partial charge < -0.3 is 18.6 Å². The lowest BCUT2D eigenvalue weighted by molar-refractivity contribution is 0.569. The summed E-state index contributed by atoms with van der Waals surface area (Å²) < 4.78 is 151. The van der Waals surface area contributed by atoms with Gasteiger partial charge in [0, 0.05) is 71.7 Å². The molecule has 2 aliphatic heterocycles. The van der Waals surface area contributed by atoms with E-state index in [0.29, 0.717) is 22.7 Å². The van der Waals surface area contributed by atoms with E-state index < -0.39 is 108 Å².